The Morgan fingerprint density at radius 3 is 2.55 bits per heavy atom. The summed E-state index contributed by atoms with van der Waals surface area (Å²) >= 11 is 6.17. The van der Waals surface area contributed by atoms with Crippen LogP contribution in [0.2, 0.25) is 5.02 Å². The van der Waals surface area contributed by atoms with Crippen molar-refractivity contribution in [2.45, 2.75) is 0 Å². The van der Waals surface area contributed by atoms with E-state index in [1.165, 1.54) is 25.0 Å². The van der Waals surface area contributed by atoms with E-state index in [-0.39, 0.29) is 5.76 Å². The van der Waals surface area contributed by atoms with Crippen molar-refractivity contribution < 1.29 is 23.5 Å². The highest BCUT2D eigenvalue weighted by Crippen LogP contribution is 2.31. The summed E-state index contributed by atoms with van der Waals surface area (Å²) in [5, 5.41) is 1.06. The second kappa shape index (κ2) is 7.48. The van der Waals surface area contributed by atoms with Crippen LogP contribution in [0.1, 0.15) is 20.9 Å². The van der Waals surface area contributed by atoms with Crippen LogP contribution >= 0.6 is 11.6 Å². The summed E-state index contributed by atoms with van der Waals surface area (Å²) in [4.78, 5) is 25.1. The first kappa shape index (κ1) is 18.8. The lowest BCUT2D eigenvalue weighted by molar-refractivity contribution is 0.0603. The van der Waals surface area contributed by atoms with Crippen LogP contribution in [0.25, 0.3) is 22.2 Å². The standard InChI is InChI=1S/C22H16ClNO5/c1-27-19-8-7-13(11-16(19)23)18-9-10-20(29-18)21(25)24-12-15(22(26)28-2)14-5-3-4-6-17(14)24/h3-12H,1-2H3. The molecule has 2 heterocycles. The maximum Gasteiger partial charge on any atom is 0.340 e. The lowest BCUT2D eigenvalue weighted by Crippen LogP contribution is -2.10. The molecule has 0 aliphatic carbocycles. The summed E-state index contributed by atoms with van der Waals surface area (Å²) in [6.45, 7) is 0. The van der Waals surface area contributed by atoms with Gasteiger partial charge in [-0.3, -0.25) is 9.36 Å². The van der Waals surface area contributed by atoms with Gasteiger partial charge in [0.2, 0.25) is 0 Å². The Kier molecular flexibility index (Phi) is 4.86. The van der Waals surface area contributed by atoms with Gasteiger partial charge in [0, 0.05) is 17.1 Å². The third-order valence-electron chi connectivity index (χ3n) is 4.59. The second-order valence-electron chi connectivity index (χ2n) is 6.24. The van der Waals surface area contributed by atoms with E-state index in [4.69, 9.17) is 25.5 Å². The Balaban J connectivity index is 1.73. The SMILES string of the molecule is COC(=O)c1cn(C(=O)c2ccc(-c3ccc(OC)c(Cl)c3)o2)c2ccccc12. The number of ether oxygens (including phenoxy) is 2. The Morgan fingerprint density at radius 1 is 1.03 bits per heavy atom. The van der Waals surface area contributed by atoms with Crippen molar-refractivity contribution in [3.05, 3.63) is 77.1 Å². The predicted molar refractivity (Wildman–Crippen MR) is 109 cm³/mol. The Bertz CT molecular complexity index is 1240. The molecule has 0 bridgehead atoms. The average molecular weight is 410 g/mol. The largest absolute Gasteiger partial charge is 0.495 e. The molecule has 0 N–H and O–H groups in total. The van der Waals surface area contributed by atoms with Crippen molar-refractivity contribution >= 4 is 34.4 Å². The van der Waals surface area contributed by atoms with Gasteiger partial charge in [0.05, 0.1) is 30.3 Å². The van der Waals surface area contributed by atoms with Crippen LogP contribution in [-0.4, -0.2) is 30.7 Å². The van der Waals surface area contributed by atoms with Gasteiger partial charge >= 0.3 is 5.97 Å². The lowest BCUT2D eigenvalue weighted by Gasteiger charge is -2.04. The Morgan fingerprint density at radius 2 is 1.83 bits per heavy atom. The molecule has 7 heteroatoms. The highest BCUT2D eigenvalue weighted by atomic mass is 35.5. The second-order valence-corrected chi connectivity index (χ2v) is 6.65. The molecule has 2 aromatic carbocycles. The number of fused-ring (bicyclic) bond motifs is 1. The van der Waals surface area contributed by atoms with Crippen molar-refractivity contribution in [2.24, 2.45) is 0 Å². The monoisotopic (exact) mass is 409 g/mol. The summed E-state index contributed by atoms with van der Waals surface area (Å²) in [6, 6.07) is 15.6. The molecule has 0 saturated carbocycles. The van der Waals surface area contributed by atoms with Crippen LogP contribution in [0.4, 0.5) is 0 Å². The van der Waals surface area contributed by atoms with Gasteiger partial charge < -0.3 is 13.9 Å². The highest BCUT2D eigenvalue weighted by Gasteiger charge is 2.21. The minimum absolute atomic E-state index is 0.129. The number of carbonyl (C=O) groups is 2. The average Bonchev–Trinajstić information content (AvgIpc) is 3.38. The molecule has 0 aliphatic heterocycles. The molecule has 0 saturated heterocycles. The van der Waals surface area contributed by atoms with E-state index in [1.54, 1.807) is 54.6 Å². The molecule has 29 heavy (non-hydrogen) atoms. The highest BCUT2D eigenvalue weighted by molar-refractivity contribution is 6.32. The van der Waals surface area contributed by atoms with E-state index in [0.717, 1.165) is 0 Å². The Hall–Kier alpha value is -3.51. The van der Waals surface area contributed by atoms with Crippen molar-refractivity contribution in [1.29, 1.82) is 0 Å². The van der Waals surface area contributed by atoms with Crippen LogP contribution < -0.4 is 4.74 Å². The zero-order valence-electron chi connectivity index (χ0n) is 15.6. The number of furan rings is 1. The molecular formula is C22H16ClNO5. The Labute approximate surface area is 171 Å². The van der Waals surface area contributed by atoms with E-state index in [2.05, 4.69) is 0 Å². The third kappa shape index (κ3) is 3.28. The predicted octanol–water partition coefficient (Wildman–Crippen LogP) is 5.04. The maximum atomic E-state index is 13.1. The zero-order valence-corrected chi connectivity index (χ0v) is 16.4. The molecule has 0 spiro atoms. The lowest BCUT2D eigenvalue weighted by atomic mass is 10.2. The first-order valence-electron chi connectivity index (χ1n) is 8.70. The molecule has 146 valence electrons. The van der Waals surface area contributed by atoms with Crippen molar-refractivity contribution in [2.75, 3.05) is 14.2 Å². The number of carbonyl (C=O) groups excluding carboxylic acids is 2. The van der Waals surface area contributed by atoms with E-state index in [9.17, 15) is 9.59 Å². The fourth-order valence-electron chi connectivity index (χ4n) is 3.17. The number of hydrogen-bond donors (Lipinski definition) is 0. The minimum atomic E-state index is -0.513. The molecule has 0 unspecified atom stereocenters. The molecule has 2 aromatic heterocycles. The molecule has 4 aromatic rings. The van der Waals surface area contributed by atoms with Gasteiger partial charge in [-0.2, -0.15) is 0 Å². The number of hydrogen-bond acceptors (Lipinski definition) is 5. The normalized spacial score (nSPS) is 10.9. The zero-order chi connectivity index (χ0) is 20.5. The number of methoxy groups -OCH3 is 2. The van der Waals surface area contributed by atoms with E-state index in [1.807, 2.05) is 0 Å². The van der Waals surface area contributed by atoms with Crippen molar-refractivity contribution in [1.82, 2.24) is 4.57 Å². The van der Waals surface area contributed by atoms with E-state index < -0.39 is 11.9 Å². The summed E-state index contributed by atoms with van der Waals surface area (Å²) in [5.41, 5.74) is 1.61. The van der Waals surface area contributed by atoms with Crippen LogP contribution in [-0.2, 0) is 4.74 Å². The third-order valence-corrected chi connectivity index (χ3v) is 4.88. The fourth-order valence-corrected chi connectivity index (χ4v) is 3.42. The van der Waals surface area contributed by atoms with Gasteiger partial charge in [0.1, 0.15) is 11.5 Å². The van der Waals surface area contributed by atoms with Crippen LogP contribution in [0.15, 0.2) is 65.2 Å². The molecule has 0 atom stereocenters. The summed E-state index contributed by atoms with van der Waals surface area (Å²) in [7, 11) is 2.84. The topological polar surface area (TPSA) is 70.7 Å². The number of para-hydroxylation sites is 1. The molecule has 0 radical (unpaired) electrons. The number of benzene rings is 2. The first-order chi connectivity index (χ1) is 14.0. The van der Waals surface area contributed by atoms with Gasteiger partial charge in [-0.15, -0.1) is 0 Å². The first-order valence-corrected chi connectivity index (χ1v) is 9.08. The van der Waals surface area contributed by atoms with Crippen LogP contribution in [0.5, 0.6) is 5.75 Å². The number of esters is 1. The molecular weight excluding hydrogens is 394 g/mol. The van der Waals surface area contributed by atoms with Gasteiger partial charge in [0.25, 0.3) is 5.91 Å². The molecule has 0 amide bonds. The number of aromatic nitrogens is 1. The maximum absolute atomic E-state index is 13.1. The smallest absolute Gasteiger partial charge is 0.340 e. The van der Waals surface area contributed by atoms with E-state index in [0.29, 0.717) is 38.6 Å². The molecule has 0 fully saturated rings. The van der Waals surface area contributed by atoms with Crippen LogP contribution in [0.3, 0.4) is 0 Å². The molecule has 0 aliphatic rings. The van der Waals surface area contributed by atoms with Crippen molar-refractivity contribution in [3.63, 3.8) is 0 Å². The van der Waals surface area contributed by atoms with Gasteiger partial charge in [0.15, 0.2) is 5.76 Å². The van der Waals surface area contributed by atoms with Crippen LogP contribution in [0, 0.1) is 0 Å². The number of nitrogens with zero attached hydrogens (tertiary/aromatic N) is 1. The molecule has 4 rings (SSSR count). The number of halogens is 1. The molecule has 6 nitrogen and oxygen atoms in total. The van der Waals surface area contributed by atoms with Crippen molar-refractivity contribution in [3.8, 4) is 17.1 Å². The van der Waals surface area contributed by atoms with Gasteiger partial charge in [-0.1, -0.05) is 29.8 Å². The quantitative estimate of drug-likeness (QED) is 0.442. The van der Waals surface area contributed by atoms with E-state index >= 15 is 0 Å². The minimum Gasteiger partial charge on any atom is -0.495 e. The van der Waals surface area contributed by atoms with Gasteiger partial charge in [-0.05, 0) is 36.4 Å². The number of rotatable bonds is 4. The summed E-state index contributed by atoms with van der Waals surface area (Å²) in [5.74, 6) is 0.252. The summed E-state index contributed by atoms with van der Waals surface area (Å²) < 4.78 is 17.1. The van der Waals surface area contributed by atoms with Gasteiger partial charge in [-0.25, -0.2) is 4.79 Å². The summed E-state index contributed by atoms with van der Waals surface area (Å²) in [6.07, 6.45) is 1.46. The fraction of sp³-hybridized carbons (Fsp3) is 0.0909.